The van der Waals surface area contributed by atoms with Gasteiger partial charge in [-0.15, -0.1) is 5.69 Å². The van der Waals surface area contributed by atoms with E-state index in [0.717, 1.165) is 28.5 Å². The molecule has 4 unspecified atom stereocenters. The number of para-hydroxylation sites is 2. The van der Waals surface area contributed by atoms with Crippen LogP contribution < -0.4 is 20.3 Å². The van der Waals surface area contributed by atoms with E-state index in [1.807, 2.05) is 66.9 Å². The molecule has 192 valence electrons. The molecule has 0 fully saturated rings. The van der Waals surface area contributed by atoms with Gasteiger partial charge in [-0.1, -0.05) is 66.7 Å². The van der Waals surface area contributed by atoms with Gasteiger partial charge in [0.2, 0.25) is 0 Å². The Morgan fingerprint density at radius 1 is 0.622 bits per heavy atom. The molecule has 3 aromatic carbocycles. The summed E-state index contributed by atoms with van der Waals surface area (Å²) in [5, 5.41) is 2.55. The molecule has 0 saturated carbocycles. The van der Waals surface area contributed by atoms with E-state index in [-0.39, 0.29) is 17.1 Å². The molecule has 0 bridgehead atoms. The zero-order valence-electron chi connectivity index (χ0n) is 19.9. The maximum absolute atomic E-state index is 6.16. The molecule has 10 heteroatoms. The van der Waals surface area contributed by atoms with E-state index in [1.165, 1.54) is 16.2 Å². The Labute approximate surface area is 241 Å². The van der Waals surface area contributed by atoms with Crippen LogP contribution in [0.2, 0.25) is 0 Å². The maximum Gasteiger partial charge on any atom is 1.00 e. The summed E-state index contributed by atoms with van der Waals surface area (Å²) in [6.45, 7) is 0. The molecule has 5 rings (SSSR count). The minimum atomic E-state index is -0.687. The molecule has 0 radical (unpaired) electrons. The second-order valence-electron chi connectivity index (χ2n) is 7.83. The third-order valence-electron chi connectivity index (χ3n) is 5.29. The average Bonchev–Trinajstić information content (AvgIpc) is 3.41. The van der Waals surface area contributed by atoms with Gasteiger partial charge < -0.3 is 9.72 Å². The molecule has 0 spiro atoms. The van der Waals surface area contributed by atoms with Crippen LogP contribution >= 0.6 is 50.3 Å². The molecular formula is C27H29CuN2OP6+2. The fourth-order valence-corrected chi connectivity index (χ4v) is 7.79. The molecule has 0 saturated heterocycles. The van der Waals surface area contributed by atoms with Gasteiger partial charge in [0.05, 0.1) is 14.6 Å². The fraction of sp³-hybridized carbons (Fsp3) is 0. The molecule has 0 N–H and O–H groups in total. The number of rotatable bonds is 6. The van der Waals surface area contributed by atoms with Gasteiger partial charge in [-0.2, -0.15) is 6.20 Å². The van der Waals surface area contributed by atoms with Crippen LogP contribution in [-0.4, -0.2) is 4.98 Å². The predicted molar refractivity (Wildman–Crippen MR) is 176 cm³/mol. The van der Waals surface area contributed by atoms with Crippen LogP contribution in [0.15, 0.2) is 116 Å². The van der Waals surface area contributed by atoms with Crippen molar-refractivity contribution in [2.75, 3.05) is 0 Å². The number of hydrogen-bond acceptors (Lipinski definition) is 2. The first-order chi connectivity index (χ1) is 17.5. The zero-order chi connectivity index (χ0) is 25.3. The van der Waals surface area contributed by atoms with Crippen molar-refractivity contribution in [3.63, 3.8) is 0 Å². The number of aromatic nitrogens is 2. The summed E-state index contributed by atoms with van der Waals surface area (Å²) in [5.74, 6) is 1.93. The molecule has 0 aliphatic rings. The van der Waals surface area contributed by atoms with Gasteiger partial charge in [0.15, 0.2) is 11.5 Å². The van der Waals surface area contributed by atoms with Crippen molar-refractivity contribution < 1.29 is 21.8 Å². The van der Waals surface area contributed by atoms with Crippen molar-refractivity contribution in [2.45, 2.75) is 0 Å². The predicted octanol–water partition coefficient (Wildman–Crippen LogP) is 7.69. The summed E-state index contributed by atoms with van der Waals surface area (Å²) in [5.41, 5.74) is 4.15. The Morgan fingerprint density at radius 3 is 1.70 bits per heavy atom. The smallest absolute Gasteiger partial charge is 0.662 e. The Hall–Kier alpha value is -1.01. The van der Waals surface area contributed by atoms with Crippen molar-refractivity contribution in [2.24, 2.45) is 0 Å². The van der Waals surface area contributed by atoms with Gasteiger partial charge in [-0.05, 0) is 47.5 Å². The van der Waals surface area contributed by atoms with Gasteiger partial charge in [0, 0.05) is 47.6 Å². The molecule has 0 aliphatic heterocycles. The monoisotopic (exact) mass is 646 g/mol. The van der Waals surface area contributed by atoms with E-state index < -0.39 is 14.6 Å². The van der Waals surface area contributed by atoms with Crippen LogP contribution in [0.3, 0.4) is 0 Å². The van der Waals surface area contributed by atoms with Crippen LogP contribution in [0.1, 0.15) is 0 Å². The first kappa shape index (κ1) is 30.5. The van der Waals surface area contributed by atoms with Crippen LogP contribution in [0.5, 0.6) is 11.5 Å². The number of benzene rings is 3. The molecule has 0 aliphatic carbocycles. The summed E-state index contributed by atoms with van der Waals surface area (Å²) in [6.07, 6.45) is 3.67. The van der Waals surface area contributed by atoms with E-state index in [1.54, 1.807) is 6.20 Å². The summed E-state index contributed by atoms with van der Waals surface area (Å²) in [4.78, 5) is 8.69. The van der Waals surface area contributed by atoms with E-state index >= 15 is 0 Å². The Balaban J connectivity index is 0.000000201. The molecule has 37 heavy (non-hydrogen) atoms. The quantitative estimate of drug-likeness (QED) is 0.140. The summed E-state index contributed by atoms with van der Waals surface area (Å²) in [7, 11) is 10.2. The van der Waals surface area contributed by atoms with Crippen molar-refractivity contribution in [3.8, 4) is 34.0 Å². The normalized spacial score (nSPS) is 10.4. The third kappa shape index (κ3) is 8.74. The molecule has 2 aromatic heterocycles. The summed E-state index contributed by atoms with van der Waals surface area (Å²) in [6, 6.07) is 34.7. The topological polar surface area (TPSA) is 36.2 Å². The van der Waals surface area contributed by atoms with Gasteiger partial charge in [-0.25, -0.2) is 0 Å². The van der Waals surface area contributed by atoms with Crippen LogP contribution in [0.4, 0.5) is 0 Å². The van der Waals surface area contributed by atoms with Crippen molar-refractivity contribution in [1.29, 1.82) is 0 Å². The van der Waals surface area contributed by atoms with E-state index in [0.29, 0.717) is 0 Å². The maximum atomic E-state index is 6.16. The number of ether oxygens (including phenoxy) is 1. The Bertz CT molecular complexity index is 1280. The minimum Gasteiger partial charge on any atom is -0.662 e. The number of pyridine rings is 1. The number of hydrogen-bond donors (Lipinski definition) is 0. The van der Waals surface area contributed by atoms with E-state index in [2.05, 4.69) is 88.1 Å². The Morgan fingerprint density at radius 2 is 1.16 bits per heavy atom. The molecule has 0 amide bonds. The summed E-state index contributed by atoms with van der Waals surface area (Å²) >= 11 is 0. The van der Waals surface area contributed by atoms with Gasteiger partial charge in [-0.3, -0.25) is 4.98 Å². The van der Waals surface area contributed by atoms with Crippen molar-refractivity contribution in [1.82, 2.24) is 9.97 Å². The van der Waals surface area contributed by atoms with Crippen molar-refractivity contribution in [3.05, 3.63) is 116 Å². The third-order valence-corrected chi connectivity index (χ3v) is 11.1. The van der Waals surface area contributed by atoms with Gasteiger partial charge in [0.1, 0.15) is 10.6 Å². The Kier molecular flexibility index (Phi) is 12.8. The van der Waals surface area contributed by atoms with Crippen molar-refractivity contribution >= 4 is 60.9 Å². The minimum absolute atomic E-state index is 0. The van der Waals surface area contributed by atoms with Gasteiger partial charge >= 0.3 is 17.1 Å². The largest absolute Gasteiger partial charge is 1.00 e. The molecule has 4 atom stereocenters. The van der Waals surface area contributed by atoms with E-state index in [4.69, 9.17) is 4.74 Å². The fourth-order valence-electron chi connectivity index (χ4n) is 3.51. The SMILES string of the molecule is P[PH+](P)c1ccccc1Oc1ccccc1[PH+](P)P.[Cu+].c1ccc(-c2c[n-]c(-c3ccccn3)c2)cc1. The molecular weight excluding hydrogens is 618 g/mol. The van der Waals surface area contributed by atoms with Crippen LogP contribution in [0.25, 0.3) is 22.5 Å². The molecule has 3 nitrogen and oxygen atoms in total. The van der Waals surface area contributed by atoms with Crippen LogP contribution in [0, 0.1) is 0 Å². The first-order valence-electron chi connectivity index (χ1n) is 11.2. The zero-order valence-corrected chi connectivity index (χ0v) is 27.4. The summed E-state index contributed by atoms with van der Waals surface area (Å²) < 4.78 is 6.16. The first-order valence-corrected chi connectivity index (χ1v) is 21.5. The molecule has 5 aromatic rings. The second-order valence-corrected chi connectivity index (χ2v) is 22.2. The number of nitrogens with zero attached hydrogens (tertiary/aromatic N) is 2. The average molecular weight is 647 g/mol. The second kappa shape index (κ2) is 15.5. The standard InChI is InChI=1S/C15H11N2.C12H16OP6.Cu/c1-2-6-12(7-3-1)13-10-15(17-11-13)14-8-4-5-9-16-14;14-18(15)11-7-3-1-5-9(11)13-10-6-2-4-8-12(10)19(16)17;/h1-11H;1-8H,14-17H2;/q-1;;+1/p+2. The van der Waals surface area contributed by atoms with Gasteiger partial charge in [0.25, 0.3) is 0 Å². The molecule has 2 heterocycles. The van der Waals surface area contributed by atoms with E-state index in [9.17, 15) is 0 Å². The van der Waals surface area contributed by atoms with Crippen LogP contribution in [-0.2, 0) is 17.1 Å².